The molecule has 1 atom stereocenters. The second-order valence-electron chi connectivity index (χ2n) is 5.35. The van der Waals surface area contributed by atoms with Crippen molar-refractivity contribution in [2.24, 2.45) is 5.92 Å². The first kappa shape index (κ1) is 13.2. The van der Waals surface area contributed by atoms with Crippen LogP contribution in [0.15, 0.2) is 0 Å². The molecule has 1 amide bonds. The molecule has 1 aliphatic heterocycles. The first-order chi connectivity index (χ1) is 7.38. The van der Waals surface area contributed by atoms with Crippen molar-refractivity contribution >= 4 is 12.3 Å². The van der Waals surface area contributed by atoms with E-state index in [1.165, 1.54) is 6.42 Å². The number of hydrogen-bond acceptors (Lipinski definition) is 3. The number of carbonyl (C=O) groups is 1. The molecule has 92 valence electrons. The van der Waals surface area contributed by atoms with E-state index in [0.717, 1.165) is 19.5 Å². The summed E-state index contributed by atoms with van der Waals surface area (Å²) < 4.78 is 6.83. The van der Waals surface area contributed by atoms with E-state index in [1.807, 2.05) is 27.0 Å². The van der Waals surface area contributed by atoms with Crippen molar-refractivity contribution in [1.29, 1.82) is 0 Å². The summed E-state index contributed by atoms with van der Waals surface area (Å²) in [7, 11) is 1.75. The smallest absolute Gasteiger partial charge is 0.406 e. The molecule has 4 nitrogen and oxygen atoms in total. The minimum Gasteiger partial charge on any atom is -0.406 e. The van der Waals surface area contributed by atoms with E-state index < -0.39 is 5.60 Å². The minimum atomic E-state index is -0.427. The largest absolute Gasteiger partial charge is 0.596 e. The Morgan fingerprint density at radius 1 is 1.50 bits per heavy atom. The lowest BCUT2D eigenvalue weighted by molar-refractivity contribution is -0.416. The lowest BCUT2D eigenvalue weighted by Gasteiger charge is -2.18. The molecule has 0 bridgehead atoms. The van der Waals surface area contributed by atoms with E-state index in [9.17, 15) is 4.79 Å². The van der Waals surface area contributed by atoms with Crippen LogP contribution in [0.25, 0.3) is 0 Å². The Labute approximate surface area is 97.7 Å². The fraction of sp³-hybridized carbons (Fsp3) is 0.833. The summed E-state index contributed by atoms with van der Waals surface area (Å²) in [5, 5.41) is 3.32. The van der Waals surface area contributed by atoms with Crippen molar-refractivity contribution in [3.8, 4) is 0 Å². The standard InChI is InChI=1S/C12H23N2O2/c1-12(2,3)16-11(15)14(4)9-10-6-5-7-13-8-10/h9-10,13H,5-8H2,1-4H3/q+1/b14-9+. The molecule has 1 fully saturated rings. The predicted molar refractivity (Wildman–Crippen MR) is 64.1 cm³/mol. The first-order valence-corrected chi connectivity index (χ1v) is 5.90. The highest BCUT2D eigenvalue weighted by atomic mass is 16.6. The van der Waals surface area contributed by atoms with Crippen LogP contribution in [-0.4, -0.2) is 42.6 Å². The van der Waals surface area contributed by atoms with Crippen molar-refractivity contribution < 1.29 is 14.1 Å². The van der Waals surface area contributed by atoms with Crippen molar-refractivity contribution in [2.45, 2.75) is 39.2 Å². The summed E-state index contributed by atoms with van der Waals surface area (Å²) in [6.45, 7) is 7.66. The summed E-state index contributed by atoms with van der Waals surface area (Å²) in [5.74, 6) is 0.436. The normalized spacial score (nSPS) is 23.0. The van der Waals surface area contributed by atoms with Gasteiger partial charge in [0.25, 0.3) is 0 Å². The molecule has 1 saturated heterocycles. The van der Waals surface area contributed by atoms with Gasteiger partial charge in [-0.1, -0.05) is 0 Å². The van der Waals surface area contributed by atoms with Gasteiger partial charge in [-0.2, -0.15) is 4.79 Å². The monoisotopic (exact) mass is 227 g/mol. The van der Waals surface area contributed by atoms with Gasteiger partial charge >= 0.3 is 6.09 Å². The van der Waals surface area contributed by atoms with Crippen molar-refractivity contribution in [1.82, 2.24) is 5.32 Å². The van der Waals surface area contributed by atoms with Crippen LogP contribution in [0, 0.1) is 5.92 Å². The molecule has 1 aliphatic rings. The summed E-state index contributed by atoms with van der Waals surface area (Å²) in [4.78, 5) is 11.7. The molecule has 4 heteroatoms. The number of ether oxygens (including phenoxy) is 1. The van der Waals surface area contributed by atoms with Crippen LogP contribution in [0.3, 0.4) is 0 Å². The number of carbonyl (C=O) groups excluding carboxylic acids is 1. The number of hydrogen-bond donors (Lipinski definition) is 1. The van der Waals surface area contributed by atoms with Gasteiger partial charge in [0, 0.05) is 12.5 Å². The van der Waals surface area contributed by atoms with Crippen LogP contribution in [-0.2, 0) is 4.74 Å². The fourth-order valence-electron chi connectivity index (χ4n) is 1.72. The maximum Gasteiger partial charge on any atom is 0.596 e. The van der Waals surface area contributed by atoms with Crippen molar-refractivity contribution in [3.05, 3.63) is 0 Å². The highest BCUT2D eigenvalue weighted by Gasteiger charge is 2.25. The van der Waals surface area contributed by atoms with E-state index in [4.69, 9.17) is 4.74 Å². The second kappa shape index (κ2) is 5.43. The van der Waals surface area contributed by atoms with Gasteiger partial charge in [0.15, 0.2) is 6.21 Å². The Balaban J connectivity index is 2.51. The molecule has 1 heterocycles. The molecular formula is C12H23N2O2+. The quantitative estimate of drug-likeness (QED) is 0.547. The van der Waals surface area contributed by atoms with Gasteiger partial charge in [0.1, 0.15) is 12.6 Å². The summed E-state index contributed by atoms with van der Waals surface area (Å²) >= 11 is 0. The molecule has 0 aliphatic carbocycles. The van der Waals surface area contributed by atoms with Gasteiger partial charge in [0.05, 0.1) is 0 Å². The number of amides is 1. The molecule has 0 aromatic carbocycles. The Bertz CT molecular complexity index is 273. The van der Waals surface area contributed by atoms with Crippen LogP contribution >= 0.6 is 0 Å². The molecule has 1 N–H and O–H groups in total. The van der Waals surface area contributed by atoms with E-state index in [0.29, 0.717) is 5.92 Å². The maximum atomic E-state index is 11.7. The van der Waals surface area contributed by atoms with Gasteiger partial charge in [-0.15, -0.1) is 4.58 Å². The van der Waals surface area contributed by atoms with Crippen LogP contribution < -0.4 is 5.32 Å². The Morgan fingerprint density at radius 3 is 2.69 bits per heavy atom. The Hall–Kier alpha value is -0.900. The van der Waals surface area contributed by atoms with E-state index in [1.54, 1.807) is 11.6 Å². The highest BCUT2D eigenvalue weighted by molar-refractivity contribution is 5.67. The molecule has 0 aromatic heterocycles. The highest BCUT2D eigenvalue weighted by Crippen LogP contribution is 2.09. The Morgan fingerprint density at radius 2 is 2.19 bits per heavy atom. The molecular weight excluding hydrogens is 204 g/mol. The third kappa shape index (κ3) is 4.75. The van der Waals surface area contributed by atoms with Crippen LogP contribution in [0.5, 0.6) is 0 Å². The minimum absolute atomic E-state index is 0.280. The predicted octanol–water partition coefficient (Wildman–Crippen LogP) is 1.63. The second-order valence-corrected chi connectivity index (χ2v) is 5.35. The average Bonchev–Trinajstić information content (AvgIpc) is 2.16. The zero-order chi connectivity index (χ0) is 12.2. The lowest BCUT2D eigenvalue weighted by Crippen LogP contribution is -2.35. The number of piperidine rings is 1. The lowest BCUT2D eigenvalue weighted by atomic mass is 10.0. The zero-order valence-corrected chi connectivity index (χ0v) is 10.7. The summed E-state index contributed by atoms with van der Waals surface area (Å²) in [6.07, 6.45) is 3.99. The van der Waals surface area contributed by atoms with E-state index in [-0.39, 0.29) is 6.09 Å². The van der Waals surface area contributed by atoms with E-state index >= 15 is 0 Å². The van der Waals surface area contributed by atoms with Crippen molar-refractivity contribution in [2.75, 3.05) is 20.1 Å². The van der Waals surface area contributed by atoms with Crippen LogP contribution in [0.4, 0.5) is 4.79 Å². The molecule has 0 aromatic rings. The fourth-order valence-corrected chi connectivity index (χ4v) is 1.72. The third-order valence-corrected chi connectivity index (χ3v) is 2.45. The van der Waals surface area contributed by atoms with Gasteiger partial charge in [-0.3, -0.25) is 0 Å². The van der Waals surface area contributed by atoms with Crippen molar-refractivity contribution in [3.63, 3.8) is 0 Å². The molecule has 16 heavy (non-hydrogen) atoms. The summed E-state index contributed by atoms with van der Waals surface area (Å²) in [5.41, 5.74) is -0.427. The SMILES string of the molecule is C/[N+](=C\C1CCCNC1)C(=O)OC(C)(C)C. The zero-order valence-electron chi connectivity index (χ0n) is 10.7. The Kier molecular flexibility index (Phi) is 4.47. The van der Waals surface area contributed by atoms with Crippen LogP contribution in [0.2, 0.25) is 0 Å². The third-order valence-electron chi connectivity index (χ3n) is 2.45. The number of rotatable bonds is 1. The molecule has 0 spiro atoms. The number of nitrogens with one attached hydrogen (secondary N) is 1. The average molecular weight is 227 g/mol. The summed E-state index contributed by atoms with van der Waals surface area (Å²) in [6, 6.07) is 0. The maximum absolute atomic E-state index is 11.7. The molecule has 0 saturated carbocycles. The molecule has 1 rings (SSSR count). The topological polar surface area (TPSA) is 41.3 Å². The molecule has 1 unspecified atom stereocenters. The van der Waals surface area contributed by atoms with Gasteiger partial charge in [0.2, 0.25) is 0 Å². The van der Waals surface area contributed by atoms with E-state index in [2.05, 4.69) is 5.32 Å². The van der Waals surface area contributed by atoms with Gasteiger partial charge in [-0.25, -0.2) is 0 Å². The molecule has 0 radical (unpaired) electrons. The number of nitrogens with zero attached hydrogens (tertiary/aromatic N) is 1. The van der Waals surface area contributed by atoms with Crippen LogP contribution in [0.1, 0.15) is 33.6 Å². The van der Waals surface area contributed by atoms with Gasteiger partial charge in [-0.05, 0) is 40.2 Å². The first-order valence-electron chi connectivity index (χ1n) is 5.90. The van der Waals surface area contributed by atoms with Gasteiger partial charge < -0.3 is 10.1 Å².